The van der Waals surface area contributed by atoms with Crippen molar-refractivity contribution in [3.8, 4) is 5.75 Å². The first kappa shape index (κ1) is 24.3. The van der Waals surface area contributed by atoms with E-state index in [0.717, 1.165) is 38.6 Å². The number of benzene rings is 1. The van der Waals surface area contributed by atoms with Gasteiger partial charge in [0.2, 0.25) is 5.82 Å². The Bertz CT molecular complexity index is 1100. The van der Waals surface area contributed by atoms with Crippen molar-refractivity contribution >= 4 is 17.6 Å². The average Bonchev–Trinajstić information content (AvgIpc) is 3.02. The van der Waals surface area contributed by atoms with E-state index in [0.29, 0.717) is 0 Å². The fourth-order valence-corrected chi connectivity index (χ4v) is 3.80. The number of nitrogens with zero attached hydrogens (tertiary/aromatic N) is 2. The van der Waals surface area contributed by atoms with Crippen LogP contribution in [0.4, 0.5) is 27.8 Å². The topological polar surface area (TPSA) is 116 Å². The van der Waals surface area contributed by atoms with Gasteiger partial charge >= 0.3 is 6.18 Å². The lowest BCUT2D eigenvalue weighted by molar-refractivity contribution is -0.272. The van der Waals surface area contributed by atoms with Gasteiger partial charge in [-0.15, -0.1) is 0 Å². The highest BCUT2D eigenvalue weighted by molar-refractivity contribution is 5.96. The van der Waals surface area contributed by atoms with Crippen LogP contribution in [0.3, 0.4) is 0 Å². The van der Waals surface area contributed by atoms with Crippen LogP contribution in [0.5, 0.6) is 5.75 Å². The van der Waals surface area contributed by atoms with Crippen LogP contribution in [0, 0.1) is 17.6 Å². The number of methoxy groups -OCH3 is 1. The highest BCUT2D eigenvalue weighted by Crippen LogP contribution is 2.54. The third kappa shape index (κ3) is 4.19. The molecule has 178 valence electrons. The molecule has 0 aliphatic carbocycles. The summed E-state index contributed by atoms with van der Waals surface area (Å²) in [5.74, 6) is -8.36. The Kier molecular flexibility index (Phi) is 6.29. The van der Waals surface area contributed by atoms with Gasteiger partial charge in [-0.3, -0.25) is 9.59 Å². The maximum atomic E-state index is 14.3. The van der Waals surface area contributed by atoms with Crippen LogP contribution >= 0.6 is 0 Å². The fraction of sp³-hybridized carbons (Fsp3) is 0.400. The second kappa shape index (κ2) is 8.54. The number of hydrogen-bond acceptors (Lipinski definition) is 6. The second-order valence-corrected chi connectivity index (χ2v) is 7.58. The highest BCUT2D eigenvalue weighted by Gasteiger charge is 2.65. The molecule has 8 nitrogen and oxygen atoms in total. The monoisotopic (exact) mass is 474 g/mol. The first-order valence-electron chi connectivity index (χ1n) is 9.51. The second-order valence-electron chi connectivity index (χ2n) is 7.58. The zero-order valence-electron chi connectivity index (χ0n) is 17.5. The Morgan fingerprint density at radius 3 is 2.48 bits per heavy atom. The van der Waals surface area contributed by atoms with E-state index in [-0.39, 0.29) is 17.1 Å². The molecule has 0 unspecified atom stereocenters. The number of anilines is 1. The smallest absolute Gasteiger partial charge is 0.417 e. The van der Waals surface area contributed by atoms with Crippen molar-refractivity contribution in [3.63, 3.8) is 0 Å². The molecule has 0 radical (unpaired) electrons. The summed E-state index contributed by atoms with van der Waals surface area (Å²) in [5.41, 5.74) is 1.88. The Morgan fingerprint density at radius 1 is 1.24 bits per heavy atom. The Labute approximate surface area is 184 Å². The molecule has 1 fully saturated rings. The summed E-state index contributed by atoms with van der Waals surface area (Å²) in [7, 11) is 1.02. The number of alkyl halides is 3. The molecule has 1 aliphatic heterocycles. The molecule has 33 heavy (non-hydrogen) atoms. The third-order valence-electron chi connectivity index (χ3n) is 5.74. The predicted octanol–water partition coefficient (Wildman–Crippen LogP) is 2.94. The molecule has 0 saturated carbocycles. The average molecular weight is 474 g/mol. The van der Waals surface area contributed by atoms with Crippen LogP contribution in [0.2, 0.25) is 0 Å². The number of rotatable bonds is 5. The van der Waals surface area contributed by atoms with E-state index < -0.39 is 58.9 Å². The van der Waals surface area contributed by atoms with Crippen LogP contribution in [0.1, 0.15) is 35.8 Å². The summed E-state index contributed by atoms with van der Waals surface area (Å²) in [6, 6.07) is 2.79. The minimum atomic E-state index is -4.90. The van der Waals surface area contributed by atoms with Crippen LogP contribution in [-0.4, -0.2) is 46.8 Å². The number of nitrogens with one attached hydrogen (secondary N) is 1. The lowest BCUT2D eigenvalue weighted by Crippen LogP contribution is -2.47. The summed E-state index contributed by atoms with van der Waals surface area (Å²) >= 11 is 0. The van der Waals surface area contributed by atoms with Gasteiger partial charge in [0.15, 0.2) is 17.2 Å². The van der Waals surface area contributed by atoms with Crippen molar-refractivity contribution < 1.29 is 41.0 Å². The molecular weight excluding hydrogens is 455 g/mol. The van der Waals surface area contributed by atoms with E-state index in [9.17, 15) is 31.5 Å². The molecule has 1 aromatic carbocycles. The minimum Gasteiger partial charge on any atom is -0.493 e. The number of nitrogens with two attached hydrogens (primary N) is 1. The van der Waals surface area contributed by atoms with Crippen molar-refractivity contribution in [2.45, 2.75) is 37.6 Å². The number of amides is 2. The molecule has 3 N–H and O–H groups in total. The maximum absolute atomic E-state index is 14.3. The number of ether oxygens (including phenoxy) is 2. The zero-order valence-corrected chi connectivity index (χ0v) is 17.5. The van der Waals surface area contributed by atoms with Gasteiger partial charge in [-0.1, -0.05) is 13.0 Å². The molecule has 2 heterocycles. The van der Waals surface area contributed by atoms with E-state index in [1.807, 2.05) is 0 Å². The van der Waals surface area contributed by atoms with Crippen molar-refractivity contribution in [1.29, 1.82) is 0 Å². The maximum Gasteiger partial charge on any atom is 0.417 e. The molecule has 1 aromatic heterocycles. The minimum absolute atomic E-state index is 0.183. The van der Waals surface area contributed by atoms with Crippen molar-refractivity contribution in [1.82, 2.24) is 9.97 Å². The molecule has 0 bridgehead atoms. The van der Waals surface area contributed by atoms with Crippen LogP contribution in [0.25, 0.3) is 0 Å². The van der Waals surface area contributed by atoms with E-state index >= 15 is 0 Å². The van der Waals surface area contributed by atoms with Gasteiger partial charge < -0.3 is 20.5 Å². The van der Waals surface area contributed by atoms with E-state index in [1.165, 1.54) is 6.92 Å². The van der Waals surface area contributed by atoms with E-state index in [2.05, 4.69) is 15.3 Å². The lowest BCUT2D eigenvalue weighted by Gasteiger charge is -2.32. The summed E-state index contributed by atoms with van der Waals surface area (Å²) in [5, 5.41) is 2.25. The molecule has 4 atom stereocenters. The molecular formula is C20H19F5N4O4. The van der Waals surface area contributed by atoms with Crippen LogP contribution < -0.4 is 15.8 Å². The van der Waals surface area contributed by atoms with Crippen LogP contribution in [0.15, 0.2) is 24.5 Å². The largest absolute Gasteiger partial charge is 0.493 e. The summed E-state index contributed by atoms with van der Waals surface area (Å²) < 4.78 is 80.0. The van der Waals surface area contributed by atoms with Crippen LogP contribution in [-0.2, 0) is 9.53 Å². The van der Waals surface area contributed by atoms with E-state index in [1.54, 1.807) is 0 Å². The lowest BCUT2D eigenvalue weighted by atomic mass is 9.77. The van der Waals surface area contributed by atoms with Gasteiger partial charge in [-0.05, 0) is 13.0 Å². The van der Waals surface area contributed by atoms with Gasteiger partial charge in [0.05, 0.1) is 7.11 Å². The normalized spacial score (nSPS) is 25.0. The Hall–Kier alpha value is -3.35. The predicted molar refractivity (Wildman–Crippen MR) is 103 cm³/mol. The molecule has 1 saturated heterocycles. The summed E-state index contributed by atoms with van der Waals surface area (Å²) in [4.78, 5) is 31.6. The molecule has 2 aromatic rings. The van der Waals surface area contributed by atoms with Crippen molar-refractivity contribution in [2.75, 3.05) is 12.4 Å². The fourth-order valence-electron chi connectivity index (χ4n) is 3.80. The molecule has 3 rings (SSSR count). The zero-order chi connectivity index (χ0) is 24.7. The van der Waals surface area contributed by atoms with E-state index in [4.69, 9.17) is 15.2 Å². The highest BCUT2D eigenvalue weighted by atomic mass is 19.4. The third-order valence-corrected chi connectivity index (χ3v) is 5.74. The standard InChI is InChI=1S/C20H19F5N4O4/c1-8-13(9-4-5-10(21)14(22)15(9)32-3)16(33-19(8,2)20(23,24)25)18(31)29-12-6-11(17(26)30)27-7-28-12/h4-8,13,16H,1-3H3,(H2,26,30)(H,27,28,29,31)/t8-,13+,16+,19-/m0/s1. The number of carbonyl (C=O) groups is 2. The molecule has 2 amide bonds. The quantitative estimate of drug-likeness (QED) is 0.644. The van der Waals surface area contributed by atoms with Crippen molar-refractivity contribution in [3.05, 3.63) is 47.4 Å². The number of carbonyl (C=O) groups excluding carboxylic acids is 2. The van der Waals surface area contributed by atoms with Gasteiger partial charge in [0.25, 0.3) is 11.8 Å². The van der Waals surface area contributed by atoms with Gasteiger partial charge in [-0.25, -0.2) is 14.4 Å². The summed E-state index contributed by atoms with van der Waals surface area (Å²) in [6.07, 6.45) is -5.79. The number of primary amides is 1. The van der Waals surface area contributed by atoms with Gasteiger partial charge in [0, 0.05) is 23.5 Å². The SMILES string of the molecule is COc1c([C@@H]2[C@H](C(=O)Nc3cc(C(N)=O)ncn3)O[C@](C)(C(F)(F)F)[C@H]2C)ccc(F)c1F. The molecule has 13 heteroatoms. The van der Waals surface area contributed by atoms with Gasteiger partial charge in [0.1, 0.15) is 23.9 Å². The summed E-state index contributed by atoms with van der Waals surface area (Å²) in [6.45, 7) is 1.95. The first-order valence-corrected chi connectivity index (χ1v) is 9.51. The Balaban J connectivity index is 2.07. The number of halogens is 5. The number of hydrogen-bond donors (Lipinski definition) is 2. The molecule has 0 spiro atoms. The molecule has 1 aliphatic rings. The Morgan fingerprint density at radius 2 is 1.91 bits per heavy atom. The van der Waals surface area contributed by atoms with Crippen molar-refractivity contribution in [2.24, 2.45) is 11.7 Å². The number of aromatic nitrogens is 2. The van der Waals surface area contributed by atoms with Gasteiger partial charge in [-0.2, -0.15) is 17.6 Å². The first-order chi connectivity index (χ1) is 15.3.